The van der Waals surface area contributed by atoms with E-state index in [0.29, 0.717) is 41.1 Å². The van der Waals surface area contributed by atoms with Gasteiger partial charge in [-0.15, -0.1) is 0 Å². The van der Waals surface area contributed by atoms with Crippen LogP contribution >= 0.6 is 12.6 Å². The molecule has 4 aliphatic carbocycles. The van der Waals surface area contributed by atoms with Crippen molar-refractivity contribution in [3.8, 4) is 0 Å². The van der Waals surface area contributed by atoms with Crippen LogP contribution in [0, 0.1) is 34.5 Å². The molecule has 0 radical (unpaired) electrons. The minimum Gasteiger partial charge on any atom is -0.298 e. The summed E-state index contributed by atoms with van der Waals surface area (Å²) >= 11 is 4.32. The molecule has 0 aromatic heterocycles. The summed E-state index contributed by atoms with van der Waals surface area (Å²) in [5, 5.41) is 0. The van der Waals surface area contributed by atoms with Crippen LogP contribution in [0.2, 0.25) is 0 Å². The summed E-state index contributed by atoms with van der Waals surface area (Å²) in [6.45, 7) is 4.86. The number of carbonyl (C=O) groups excluding carboxylic acids is 2. The lowest BCUT2D eigenvalue weighted by molar-refractivity contribution is -0.133. The van der Waals surface area contributed by atoms with Gasteiger partial charge in [0.2, 0.25) is 0 Å². The largest absolute Gasteiger partial charge is 0.298 e. The Morgan fingerprint density at radius 2 is 2.00 bits per heavy atom. The van der Waals surface area contributed by atoms with Crippen molar-refractivity contribution in [3.63, 3.8) is 0 Å². The zero-order chi connectivity index (χ0) is 17.1. The van der Waals surface area contributed by atoms with Gasteiger partial charge < -0.3 is 0 Å². The van der Waals surface area contributed by atoms with Crippen LogP contribution in [0.3, 0.4) is 0 Å². The molecular weight excluding hydrogens is 316 g/mol. The maximum Gasteiger partial charge on any atom is 0.155 e. The first-order chi connectivity index (χ1) is 11.4. The molecule has 0 N–H and O–H groups in total. The fourth-order valence-corrected chi connectivity index (χ4v) is 7.23. The summed E-state index contributed by atoms with van der Waals surface area (Å²) in [6, 6.07) is 0. The van der Waals surface area contributed by atoms with Crippen molar-refractivity contribution >= 4 is 24.2 Å². The Hall–Kier alpha value is -0.570. The van der Waals surface area contributed by atoms with E-state index in [4.69, 9.17) is 0 Å². The van der Waals surface area contributed by atoms with E-state index in [-0.39, 0.29) is 17.1 Å². The van der Waals surface area contributed by atoms with E-state index in [2.05, 4.69) is 26.5 Å². The highest BCUT2D eigenvalue weighted by Gasteiger charge is 2.59. The first-order valence-corrected chi connectivity index (χ1v) is 10.4. The van der Waals surface area contributed by atoms with Crippen molar-refractivity contribution in [1.29, 1.82) is 0 Å². The lowest BCUT2D eigenvalue weighted by Gasteiger charge is -2.59. The van der Waals surface area contributed by atoms with Crippen LogP contribution in [0.1, 0.15) is 65.2 Å². The third kappa shape index (κ3) is 2.29. The highest BCUT2D eigenvalue weighted by molar-refractivity contribution is 7.81. The van der Waals surface area contributed by atoms with E-state index in [0.717, 1.165) is 12.8 Å². The number of thiol groups is 1. The first-order valence-electron chi connectivity index (χ1n) is 9.76. The molecule has 6 atom stereocenters. The molecule has 0 aromatic carbocycles. The van der Waals surface area contributed by atoms with Crippen LogP contribution in [0.25, 0.3) is 0 Å². The highest BCUT2D eigenvalue weighted by atomic mass is 32.1. The second-order valence-electron chi connectivity index (χ2n) is 9.36. The van der Waals surface area contributed by atoms with Crippen LogP contribution in [-0.2, 0) is 9.59 Å². The molecule has 24 heavy (non-hydrogen) atoms. The van der Waals surface area contributed by atoms with Gasteiger partial charge >= 0.3 is 0 Å². The molecule has 3 saturated carbocycles. The third-order valence-electron chi connectivity index (χ3n) is 8.37. The van der Waals surface area contributed by atoms with Crippen LogP contribution in [0.4, 0.5) is 0 Å². The van der Waals surface area contributed by atoms with Crippen molar-refractivity contribution in [1.82, 2.24) is 0 Å². The Morgan fingerprint density at radius 1 is 1.21 bits per heavy atom. The molecular formula is C21H30O2S. The fourth-order valence-electron chi connectivity index (χ4n) is 7.00. The van der Waals surface area contributed by atoms with E-state index in [1.807, 2.05) is 6.08 Å². The number of fused-ring (bicyclic) bond motifs is 5. The Bertz CT molecular complexity index is 609. The SMILES string of the molecule is C[C@@]12CCC[C@H]1[C@@H]1C(C(=O)CS)CC3=CC(=O)CC[C@]3(C)[C@@H]1CC2. The maximum atomic E-state index is 12.8. The van der Waals surface area contributed by atoms with Gasteiger partial charge in [0.1, 0.15) is 5.78 Å². The van der Waals surface area contributed by atoms with Crippen molar-refractivity contribution in [2.24, 2.45) is 34.5 Å². The average Bonchev–Trinajstić information content (AvgIpc) is 2.96. The summed E-state index contributed by atoms with van der Waals surface area (Å²) in [5.74, 6) is 2.80. The Labute approximate surface area is 151 Å². The predicted molar refractivity (Wildman–Crippen MR) is 99.1 cm³/mol. The number of allylic oxidation sites excluding steroid dienone is 1. The molecule has 0 aliphatic heterocycles. The third-order valence-corrected chi connectivity index (χ3v) is 8.68. The van der Waals surface area contributed by atoms with Gasteiger partial charge in [-0.05, 0) is 73.2 Å². The van der Waals surface area contributed by atoms with Gasteiger partial charge in [-0.1, -0.05) is 25.8 Å². The molecule has 0 spiro atoms. The summed E-state index contributed by atoms with van der Waals surface area (Å²) in [5.41, 5.74) is 1.87. The molecule has 0 amide bonds. The van der Waals surface area contributed by atoms with Crippen LogP contribution in [0.15, 0.2) is 11.6 Å². The Balaban J connectivity index is 1.79. The summed E-state index contributed by atoms with van der Waals surface area (Å²) in [4.78, 5) is 24.8. The quantitative estimate of drug-likeness (QED) is 0.740. The van der Waals surface area contributed by atoms with E-state index >= 15 is 0 Å². The Morgan fingerprint density at radius 3 is 2.75 bits per heavy atom. The average molecular weight is 347 g/mol. The first kappa shape index (κ1) is 16.9. The molecule has 3 fully saturated rings. The number of hydrogen-bond donors (Lipinski definition) is 1. The molecule has 132 valence electrons. The molecule has 4 rings (SSSR count). The van der Waals surface area contributed by atoms with E-state index in [1.165, 1.54) is 37.7 Å². The fraction of sp³-hybridized carbons (Fsp3) is 0.810. The van der Waals surface area contributed by atoms with E-state index in [1.54, 1.807) is 0 Å². The molecule has 0 aromatic rings. The molecule has 2 nitrogen and oxygen atoms in total. The smallest absolute Gasteiger partial charge is 0.155 e. The molecule has 3 heteroatoms. The summed E-state index contributed by atoms with van der Waals surface area (Å²) < 4.78 is 0. The monoisotopic (exact) mass is 346 g/mol. The second-order valence-corrected chi connectivity index (χ2v) is 9.68. The number of hydrogen-bond acceptors (Lipinski definition) is 3. The van der Waals surface area contributed by atoms with Crippen LogP contribution in [0.5, 0.6) is 0 Å². The maximum absolute atomic E-state index is 12.8. The van der Waals surface area contributed by atoms with Crippen molar-refractivity contribution in [2.45, 2.75) is 65.2 Å². The number of rotatable bonds is 2. The topological polar surface area (TPSA) is 34.1 Å². The summed E-state index contributed by atoms with van der Waals surface area (Å²) in [6.07, 6.45) is 10.9. The lowest BCUT2D eigenvalue weighted by Crippen LogP contribution is -2.54. The number of Topliss-reactive ketones (excluding diaryl/α,β-unsaturated/α-hetero) is 1. The lowest BCUT2D eigenvalue weighted by atomic mass is 9.45. The zero-order valence-electron chi connectivity index (χ0n) is 15.0. The molecule has 0 heterocycles. The van der Waals surface area contributed by atoms with Crippen LogP contribution < -0.4 is 0 Å². The van der Waals surface area contributed by atoms with Gasteiger partial charge in [0.15, 0.2) is 5.78 Å². The number of ketones is 2. The predicted octanol–water partition coefficient (Wildman–Crippen LogP) is 4.63. The van der Waals surface area contributed by atoms with E-state index < -0.39 is 0 Å². The van der Waals surface area contributed by atoms with Gasteiger partial charge in [-0.2, -0.15) is 12.6 Å². The zero-order valence-corrected chi connectivity index (χ0v) is 15.9. The molecule has 0 saturated heterocycles. The minimum absolute atomic E-state index is 0.0976. The molecule has 4 aliphatic rings. The van der Waals surface area contributed by atoms with Crippen molar-refractivity contribution in [2.75, 3.05) is 5.75 Å². The molecule has 1 unspecified atom stereocenters. The van der Waals surface area contributed by atoms with Crippen molar-refractivity contribution < 1.29 is 9.59 Å². The Kier molecular flexibility index (Phi) is 4.02. The van der Waals surface area contributed by atoms with Gasteiger partial charge in [0.25, 0.3) is 0 Å². The van der Waals surface area contributed by atoms with Gasteiger partial charge in [-0.3, -0.25) is 9.59 Å². The number of carbonyl (C=O) groups is 2. The standard InChI is InChI=1S/C21H30O2S/c1-20-7-3-4-16(20)19-15(18(23)12-24)11-13-10-14(22)5-9-21(13,2)17(19)6-8-20/h10,15-17,19,24H,3-9,11-12H2,1-2H3/t15?,16-,17+,19-,20-,21-/m0/s1. The minimum atomic E-state index is 0.0976. The summed E-state index contributed by atoms with van der Waals surface area (Å²) in [7, 11) is 0. The highest BCUT2D eigenvalue weighted by Crippen LogP contribution is 2.66. The normalized spacial score (nSPS) is 47.5. The van der Waals surface area contributed by atoms with Gasteiger partial charge in [0.05, 0.1) is 0 Å². The second kappa shape index (κ2) is 5.72. The van der Waals surface area contributed by atoms with E-state index in [9.17, 15) is 9.59 Å². The van der Waals surface area contributed by atoms with Crippen molar-refractivity contribution in [3.05, 3.63) is 11.6 Å². The van der Waals surface area contributed by atoms with Gasteiger partial charge in [-0.25, -0.2) is 0 Å². The van der Waals surface area contributed by atoms with Gasteiger partial charge in [0, 0.05) is 18.1 Å². The van der Waals surface area contributed by atoms with Crippen LogP contribution in [-0.4, -0.2) is 17.3 Å². The molecule has 0 bridgehead atoms.